The zero-order chi connectivity index (χ0) is 30.0. The van der Waals surface area contributed by atoms with Gasteiger partial charge >= 0.3 is 5.97 Å². The fourth-order valence-electron chi connectivity index (χ4n) is 4.88. The predicted octanol–water partition coefficient (Wildman–Crippen LogP) is 7.97. The summed E-state index contributed by atoms with van der Waals surface area (Å²) < 4.78 is 13.6. The number of carbonyl (C=O) groups excluding carboxylic acids is 1. The summed E-state index contributed by atoms with van der Waals surface area (Å²) >= 11 is 7.85. The molecule has 7 nitrogen and oxygen atoms in total. The van der Waals surface area contributed by atoms with Crippen molar-refractivity contribution >= 4 is 35.3 Å². The van der Waals surface area contributed by atoms with Crippen molar-refractivity contribution in [2.75, 3.05) is 5.32 Å². The minimum atomic E-state index is -0.522. The van der Waals surface area contributed by atoms with E-state index in [4.69, 9.17) is 31.2 Å². The van der Waals surface area contributed by atoms with Crippen molar-refractivity contribution < 1.29 is 14.3 Å². The number of esters is 1. The Balaban J connectivity index is 1.42. The smallest absolute Gasteiger partial charge is 0.338 e. The van der Waals surface area contributed by atoms with Crippen LogP contribution in [-0.2, 0) is 21.9 Å². The molecule has 0 aliphatic carbocycles. The van der Waals surface area contributed by atoms with Crippen LogP contribution in [0.25, 0.3) is 0 Å². The second-order valence-electron chi connectivity index (χ2n) is 10.8. The van der Waals surface area contributed by atoms with Crippen LogP contribution in [0.4, 0.5) is 5.95 Å². The van der Waals surface area contributed by atoms with E-state index < -0.39 is 12.0 Å². The zero-order valence-corrected chi connectivity index (χ0v) is 26.3. The Morgan fingerprint density at radius 3 is 2.43 bits per heavy atom. The molecule has 0 fully saturated rings. The van der Waals surface area contributed by atoms with Crippen LogP contribution >= 0.6 is 23.4 Å². The third kappa shape index (κ3) is 6.50. The van der Waals surface area contributed by atoms with E-state index in [1.807, 2.05) is 69.3 Å². The van der Waals surface area contributed by atoms with Gasteiger partial charge in [0.25, 0.3) is 0 Å². The first-order valence-electron chi connectivity index (χ1n) is 13.9. The first kappa shape index (κ1) is 29.7. The highest BCUT2D eigenvalue weighted by Gasteiger charge is 2.35. The van der Waals surface area contributed by atoms with Gasteiger partial charge in [0.15, 0.2) is 0 Å². The summed E-state index contributed by atoms with van der Waals surface area (Å²) in [6.07, 6.45) is -0.262. The molecule has 0 bridgehead atoms. The molecule has 1 aliphatic rings. The predicted molar refractivity (Wildman–Crippen MR) is 168 cm³/mol. The fraction of sp³-hybridized carbons (Fsp3) is 0.303. The number of halogens is 1. The molecule has 1 unspecified atom stereocenters. The van der Waals surface area contributed by atoms with E-state index in [0.29, 0.717) is 39.8 Å². The van der Waals surface area contributed by atoms with E-state index in [2.05, 4.69) is 38.2 Å². The molecule has 0 radical (unpaired) electrons. The molecule has 3 aromatic carbocycles. The molecule has 4 aromatic rings. The Bertz CT molecular complexity index is 1650. The van der Waals surface area contributed by atoms with Crippen molar-refractivity contribution in [2.24, 2.45) is 0 Å². The van der Waals surface area contributed by atoms with Crippen molar-refractivity contribution in [3.8, 4) is 5.75 Å². The third-order valence-corrected chi connectivity index (χ3v) is 8.51. The van der Waals surface area contributed by atoms with Crippen molar-refractivity contribution in [1.82, 2.24) is 14.8 Å². The number of rotatable bonds is 9. The van der Waals surface area contributed by atoms with Gasteiger partial charge in [0, 0.05) is 16.5 Å². The molecule has 0 saturated heterocycles. The molecule has 2 heterocycles. The number of aryl methyl sites for hydroxylation is 3. The number of hydrogen-bond donors (Lipinski definition) is 1. The molecule has 218 valence electrons. The lowest BCUT2D eigenvalue weighted by Gasteiger charge is -2.28. The third-order valence-electron chi connectivity index (χ3n) is 7.25. The SMILES string of the molecule is CC1=C(C(=O)OC(C)C)C(c2ccc(OCc3cc(C)c(C)cc3C)cc2)n2nc(SCc3ccccc3Cl)nc2N1. The maximum absolute atomic E-state index is 13.4. The van der Waals surface area contributed by atoms with Crippen LogP contribution in [0.3, 0.4) is 0 Å². The van der Waals surface area contributed by atoms with Crippen LogP contribution in [0.5, 0.6) is 5.75 Å². The Morgan fingerprint density at radius 2 is 1.71 bits per heavy atom. The number of nitrogens with one attached hydrogen (secondary N) is 1. The molecule has 1 N–H and O–H groups in total. The summed E-state index contributed by atoms with van der Waals surface area (Å²) in [4.78, 5) is 18.1. The van der Waals surface area contributed by atoms with Gasteiger partial charge in [-0.1, -0.05) is 65.8 Å². The Morgan fingerprint density at radius 1 is 1.00 bits per heavy atom. The monoisotopic (exact) mass is 602 g/mol. The molecule has 0 saturated carbocycles. The first-order chi connectivity index (χ1) is 20.1. The van der Waals surface area contributed by atoms with Crippen molar-refractivity contribution in [3.63, 3.8) is 0 Å². The molecular weight excluding hydrogens is 568 g/mol. The highest BCUT2D eigenvalue weighted by molar-refractivity contribution is 7.98. The molecule has 5 rings (SSSR count). The summed E-state index contributed by atoms with van der Waals surface area (Å²) in [5.74, 6) is 1.53. The lowest BCUT2D eigenvalue weighted by atomic mass is 9.95. The number of hydrogen-bond acceptors (Lipinski definition) is 7. The van der Waals surface area contributed by atoms with Crippen LogP contribution in [0.2, 0.25) is 5.02 Å². The van der Waals surface area contributed by atoms with Gasteiger partial charge in [-0.2, -0.15) is 4.98 Å². The maximum Gasteiger partial charge on any atom is 0.338 e. The standard InChI is InChI=1S/C33H35ClN4O3S/c1-19(2)41-31(39)29-23(6)35-32-36-33(42-18-25-9-7-8-10-28(25)34)37-38(32)30(29)24-11-13-27(14-12-24)40-17-26-16-21(4)20(3)15-22(26)5/h7-16,19,30H,17-18H2,1-6H3,(H,35,36,37). The number of ether oxygens (including phenoxy) is 2. The largest absolute Gasteiger partial charge is 0.489 e. The average Bonchev–Trinajstić information content (AvgIpc) is 3.35. The number of thioether (sulfide) groups is 1. The number of aromatic nitrogens is 3. The summed E-state index contributed by atoms with van der Waals surface area (Å²) in [6, 6.07) is 19.4. The summed E-state index contributed by atoms with van der Waals surface area (Å²) in [5.41, 5.74) is 7.93. The van der Waals surface area contributed by atoms with Crippen LogP contribution < -0.4 is 10.1 Å². The van der Waals surface area contributed by atoms with E-state index in [1.165, 1.54) is 28.5 Å². The molecular formula is C33H35ClN4O3S. The van der Waals surface area contributed by atoms with Crippen LogP contribution in [0.15, 0.2) is 77.1 Å². The first-order valence-corrected chi connectivity index (χ1v) is 15.3. The van der Waals surface area contributed by atoms with Crippen molar-refractivity contribution in [2.45, 2.75) is 71.2 Å². The van der Waals surface area contributed by atoms with E-state index in [-0.39, 0.29) is 6.10 Å². The number of allylic oxidation sites excluding steroid dienone is 1. The molecule has 0 amide bonds. The Labute approximate surface area is 256 Å². The second kappa shape index (κ2) is 12.6. The molecule has 0 spiro atoms. The molecule has 1 aliphatic heterocycles. The topological polar surface area (TPSA) is 78.3 Å². The fourth-order valence-corrected chi connectivity index (χ4v) is 6.00. The van der Waals surface area contributed by atoms with Gasteiger partial charge in [-0.15, -0.1) is 5.10 Å². The quantitative estimate of drug-likeness (QED) is 0.154. The van der Waals surface area contributed by atoms with Gasteiger partial charge in [-0.3, -0.25) is 0 Å². The summed E-state index contributed by atoms with van der Waals surface area (Å²) in [7, 11) is 0. The van der Waals surface area contributed by atoms with E-state index >= 15 is 0 Å². The van der Waals surface area contributed by atoms with Crippen molar-refractivity contribution in [1.29, 1.82) is 0 Å². The van der Waals surface area contributed by atoms with E-state index in [9.17, 15) is 4.79 Å². The summed E-state index contributed by atoms with van der Waals surface area (Å²) in [5, 5.41) is 9.36. The number of anilines is 1. The Hall–Kier alpha value is -3.75. The maximum atomic E-state index is 13.4. The minimum Gasteiger partial charge on any atom is -0.489 e. The highest BCUT2D eigenvalue weighted by Crippen LogP contribution is 2.38. The van der Waals surface area contributed by atoms with Gasteiger partial charge in [0.2, 0.25) is 11.1 Å². The van der Waals surface area contributed by atoms with Gasteiger partial charge in [-0.25, -0.2) is 9.48 Å². The average molecular weight is 603 g/mol. The Kier molecular flexibility index (Phi) is 8.94. The van der Waals surface area contributed by atoms with Gasteiger partial charge in [-0.05, 0) is 93.1 Å². The molecule has 1 aromatic heterocycles. The minimum absolute atomic E-state index is 0.262. The molecule has 1 atom stereocenters. The van der Waals surface area contributed by atoms with E-state index in [1.54, 1.807) is 4.68 Å². The summed E-state index contributed by atoms with van der Waals surface area (Å²) in [6.45, 7) is 12.4. The normalized spacial score (nSPS) is 14.5. The number of nitrogens with zero attached hydrogens (tertiary/aromatic N) is 3. The molecule has 42 heavy (non-hydrogen) atoms. The van der Waals surface area contributed by atoms with Gasteiger partial charge in [0.05, 0.1) is 11.7 Å². The van der Waals surface area contributed by atoms with Crippen LogP contribution in [0, 0.1) is 20.8 Å². The molecule has 9 heteroatoms. The van der Waals surface area contributed by atoms with Gasteiger partial charge in [0.1, 0.15) is 18.4 Å². The van der Waals surface area contributed by atoms with E-state index in [0.717, 1.165) is 22.4 Å². The van der Waals surface area contributed by atoms with Crippen LogP contribution in [0.1, 0.15) is 60.2 Å². The zero-order valence-electron chi connectivity index (χ0n) is 24.7. The highest BCUT2D eigenvalue weighted by atomic mass is 35.5. The van der Waals surface area contributed by atoms with Gasteiger partial charge < -0.3 is 14.8 Å². The number of fused-ring (bicyclic) bond motifs is 1. The number of carbonyl (C=O) groups is 1. The van der Waals surface area contributed by atoms with Crippen LogP contribution in [-0.4, -0.2) is 26.8 Å². The second-order valence-corrected chi connectivity index (χ2v) is 12.1. The number of benzene rings is 3. The lowest BCUT2D eigenvalue weighted by molar-refractivity contribution is -0.143. The van der Waals surface area contributed by atoms with Crippen molar-refractivity contribution in [3.05, 3.63) is 110 Å². The lowest BCUT2D eigenvalue weighted by Crippen LogP contribution is -2.30.